The molecule has 1 N–H and O–H groups in total. The first kappa shape index (κ1) is 18.8. The molecular formula is C18H12ClN2O5S-. The molecule has 0 spiro atoms. The van der Waals surface area contributed by atoms with Crippen LogP contribution >= 0.6 is 23.4 Å². The fourth-order valence-electron chi connectivity index (χ4n) is 2.12. The average molecular weight is 404 g/mol. The Labute approximate surface area is 163 Å². The monoisotopic (exact) mass is 403 g/mol. The van der Waals surface area contributed by atoms with Gasteiger partial charge in [-0.15, -0.1) is 10.2 Å². The van der Waals surface area contributed by atoms with E-state index in [1.54, 1.807) is 30.3 Å². The summed E-state index contributed by atoms with van der Waals surface area (Å²) in [5.41, 5.74) is 1.08. The number of benzene rings is 2. The van der Waals surface area contributed by atoms with E-state index in [-0.39, 0.29) is 27.5 Å². The van der Waals surface area contributed by atoms with E-state index in [2.05, 4.69) is 10.2 Å². The minimum absolute atomic E-state index is 0.0597. The molecule has 0 amide bonds. The second kappa shape index (κ2) is 8.15. The smallest absolute Gasteiger partial charge is 0.342 e. The minimum atomic E-state index is -1.19. The highest BCUT2D eigenvalue weighted by atomic mass is 35.5. The van der Waals surface area contributed by atoms with E-state index in [0.29, 0.717) is 16.1 Å². The molecule has 0 fully saturated rings. The summed E-state index contributed by atoms with van der Waals surface area (Å²) in [6, 6.07) is 11.1. The van der Waals surface area contributed by atoms with Crippen LogP contribution in [-0.4, -0.2) is 28.4 Å². The first-order valence-electron chi connectivity index (χ1n) is 7.53. The van der Waals surface area contributed by atoms with E-state index in [9.17, 15) is 15.0 Å². The van der Waals surface area contributed by atoms with Gasteiger partial charge in [0.2, 0.25) is 5.89 Å². The van der Waals surface area contributed by atoms with Crippen LogP contribution in [0.25, 0.3) is 17.5 Å². The van der Waals surface area contributed by atoms with Crippen molar-refractivity contribution in [2.24, 2.45) is 0 Å². The molecule has 138 valence electrons. The molecular weight excluding hydrogens is 392 g/mol. The van der Waals surface area contributed by atoms with E-state index in [0.717, 1.165) is 11.8 Å². The summed E-state index contributed by atoms with van der Waals surface area (Å²) >= 11 is 6.63. The number of thioether (sulfide) groups is 1. The molecule has 0 saturated heterocycles. The van der Waals surface area contributed by atoms with Gasteiger partial charge in [-0.2, -0.15) is 0 Å². The SMILES string of the molecule is COc1ccc(/C=C(\Sc2nnc(-c3ccc(Cl)cc3)o2)C(=O)O)cc1[O-]. The van der Waals surface area contributed by atoms with Crippen molar-refractivity contribution in [3.8, 4) is 23.0 Å². The lowest BCUT2D eigenvalue weighted by atomic mass is 10.2. The number of hydrogen-bond acceptors (Lipinski definition) is 7. The zero-order valence-corrected chi connectivity index (χ0v) is 15.5. The predicted molar refractivity (Wildman–Crippen MR) is 98.7 cm³/mol. The van der Waals surface area contributed by atoms with Crippen molar-refractivity contribution < 1.29 is 24.2 Å². The quantitative estimate of drug-likeness (QED) is 0.490. The molecule has 7 nitrogen and oxygen atoms in total. The number of aliphatic carboxylic acids is 1. The van der Waals surface area contributed by atoms with Gasteiger partial charge < -0.3 is 19.4 Å². The first-order valence-corrected chi connectivity index (χ1v) is 8.73. The number of ether oxygens (including phenoxy) is 1. The Morgan fingerprint density at radius 1 is 1.26 bits per heavy atom. The lowest BCUT2D eigenvalue weighted by molar-refractivity contribution is -0.270. The first-order chi connectivity index (χ1) is 13.0. The van der Waals surface area contributed by atoms with Gasteiger partial charge in [-0.25, -0.2) is 4.79 Å². The predicted octanol–water partition coefficient (Wildman–Crippen LogP) is 3.69. The van der Waals surface area contributed by atoms with Gasteiger partial charge in [0.05, 0.1) is 7.11 Å². The van der Waals surface area contributed by atoms with Crippen LogP contribution in [0, 0.1) is 0 Å². The molecule has 0 unspecified atom stereocenters. The Hall–Kier alpha value is -2.97. The van der Waals surface area contributed by atoms with Crippen LogP contribution in [0.5, 0.6) is 11.5 Å². The van der Waals surface area contributed by atoms with Crippen LogP contribution in [0.3, 0.4) is 0 Å². The lowest BCUT2D eigenvalue weighted by Crippen LogP contribution is -1.98. The molecule has 0 bridgehead atoms. The Kier molecular flexibility index (Phi) is 5.68. The molecule has 27 heavy (non-hydrogen) atoms. The Balaban J connectivity index is 1.84. The molecule has 0 atom stereocenters. The van der Waals surface area contributed by atoms with Crippen LogP contribution in [0.15, 0.2) is 57.0 Å². The van der Waals surface area contributed by atoms with Crippen LogP contribution < -0.4 is 9.84 Å². The van der Waals surface area contributed by atoms with Crippen molar-refractivity contribution >= 4 is 35.4 Å². The second-order valence-electron chi connectivity index (χ2n) is 5.21. The van der Waals surface area contributed by atoms with Crippen molar-refractivity contribution in [1.29, 1.82) is 0 Å². The highest BCUT2D eigenvalue weighted by Crippen LogP contribution is 2.31. The Morgan fingerprint density at radius 2 is 2.00 bits per heavy atom. The van der Waals surface area contributed by atoms with Crippen molar-refractivity contribution in [2.45, 2.75) is 5.22 Å². The number of carboxylic acid groups (broad SMARTS) is 1. The third-order valence-electron chi connectivity index (χ3n) is 3.39. The number of hydrogen-bond donors (Lipinski definition) is 1. The van der Waals surface area contributed by atoms with Crippen molar-refractivity contribution in [3.05, 3.63) is 58.0 Å². The van der Waals surface area contributed by atoms with Crippen molar-refractivity contribution in [3.63, 3.8) is 0 Å². The van der Waals surface area contributed by atoms with Crippen LogP contribution in [-0.2, 0) is 4.79 Å². The largest absolute Gasteiger partial charge is 0.870 e. The number of carboxylic acids is 1. The molecule has 3 rings (SSSR count). The standard InChI is InChI=1S/C18H13ClN2O5S/c1-25-14-7-2-10(8-13(14)22)9-15(17(23)24)27-18-21-20-16(26-18)11-3-5-12(19)6-4-11/h2-9,22H,1H3,(H,23,24)/p-1/b15-9-. The number of methoxy groups -OCH3 is 1. The normalized spacial score (nSPS) is 11.4. The van der Waals surface area contributed by atoms with Gasteiger partial charge in [-0.05, 0) is 53.7 Å². The maximum Gasteiger partial charge on any atom is 0.342 e. The van der Waals surface area contributed by atoms with E-state index in [1.165, 1.54) is 25.3 Å². The average Bonchev–Trinajstić information content (AvgIpc) is 3.10. The molecule has 1 heterocycles. The summed E-state index contributed by atoms with van der Waals surface area (Å²) in [7, 11) is 1.39. The Morgan fingerprint density at radius 3 is 2.63 bits per heavy atom. The van der Waals surface area contributed by atoms with Crippen molar-refractivity contribution in [2.75, 3.05) is 7.11 Å². The molecule has 2 aromatic carbocycles. The fourth-order valence-corrected chi connectivity index (χ4v) is 2.92. The van der Waals surface area contributed by atoms with Gasteiger partial charge in [-0.1, -0.05) is 29.5 Å². The number of carbonyl (C=O) groups is 1. The van der Waals surface area contributed by atoms with Crippen LogP contribution in [0.4, 0.5) is 0 Å². The summed E-state index contributed by atoms with van der Waals surface area (Å²) in [5.74, 6) is -1.11. The number of aromatic nitrogens is 2. The van der Waals surface area contributed by atoms with E-state index in [4.69, 9.17) is 20.8 Å². The van der Waals surface area contributed by atoms with E-state index < -0.39 is 5.97 Å². The van der Waals surface area contributed by atoms with Gasteiger partial charge in [0.15, 0.2) is 0 Å². The summed E-state index contributed by atoms with van der Waals surface area (Å²) < 4.78 is 10.4. The zero-order valence-electron chi connectivity index (χ0n) is 13.9. The highest BCUT2D eigenvalue weighted by Gasteiger charge is 2.16. The summed E-state index contributed by atoms with van der Waals surface area (Å²) in [6.07, 6.45) is 1.35. The molecule has 0 saturated carbocycles. The minimum Gasteiger partial charge on any atom is -0.870 e. The van der Waals surface area contributed by atoms with Gasteiger partial charge in [0, 0.05) is 10.6 Å². The summed E-state index contributed by atoms with van der Waals surface area (Å²) in [6.45, 7) is 0. The number of halogens is 1. The third kappa shape index (κ3) is 4.60. The van der Waals surface area contributed by atoms with E-state index in [1.807, 2.05) is 0 Å². The van der Waals surface area contributed by atoms with Gasteiger partial charge >= 0.3 is 5.97 Å². The molecule has 9 heteroatoms. The summed E-state index contributed by atoms with van der Waals surface area (Å²) in [4.78, 5) is 11.5. The van der Waals surface area contributed by atoms with E-state index >= 15 is 0 Å². The zero-order chi connectivity index (χ0) is 19.4. The maximum absolute atomic E-state index is 11.8. The van der Waals surface area contributed by atoms with Gasteiger partial charge in [-0.3, -0.25) is 0 Å². The van der Waals surface area contributed by atoms with Crippen LogP contribution in [0.1, 0.15) is 5.56 Å². The fraction of sp³-hybridized carbons (Fsp3) is 0.0556. The highest BCUT2D eigenvalue weighted by molar-refractivity contribution is 8.03. The third-order valence-corrected chi connectivity index (χ3v) is 4.50. The maximum atomic E-state index is 11.8. The molecule has 0 aliphatic carbocycles. The number of nitrogens with zero attached hydrogens (tertiary/aromatic N) is 2. The molecule has 3 aromatic rings. The second-order valence-corrected chi connectivity index (χ2v) is 6.64. The Bertz CT molecular complexity index is 1000. The summed E-state index contributed by atoms with van der Waals surface area (Å²) in [5, 5.41) is 29.6. The molecule has 0 aliphatic heterocycles. The topological polar surface area (TPSA) is 109 Å². The molecule has 1 aromatic heterocycles. The van der Waals surface area contributed by atoms with Gasteiger partial charge in [0.1, 0.15) is 10.7 Å². The molecule has 0 radical (unpaired) electrons. The van der Waals surface area contributed by atoms with Gasteiger partial charge in [0.25, 0.3) is 5.22 Å². The molecule has 0 aliphatic rings. The van der Waals surface area contributed by atoms with Crippen LogP contribution in [0.2, 0.25) is 5.02 Å². The lowest BCUT2D eigenvalue weighted by Gasteiger charge is -2.12. The van der Waals surface area contributed by atoms with Crippen molar-refractivity contribution in [1.82, 2.24) is 10.2 Å². The number of rotatable bonds is 6.